The minimum absolute atomic E-state index is 0.0245. The summed E-state index contributed by atoms with van der Waals surface area (Å²) in [5.74, 6) is -0.298. The number of Topliss-reactive ketones (excluding diaryl/α,β-unsaturated/α-hetero) is 1. The fraction of sp³-hybridized carbons (Fsp3) is 0.385. The van der Waals surface area contributed by atoms with E-state index in [9.17, 15) is 19.2 Å². The quantitative estimate of drug-likeness (QED) is 0.313. The second-order valence-corrected chi connectivity index (χ2v) is 11.4. The Labute approximate surface area is 226 Å². The van der Waals surface area contributed by atoms with Gasteiger partial charge in [-0.05, 0) is 70.4 Å². The lowest BCUT2D eigenvalue weighted by molar-refractivity contribution is -0.138. The predicted molar refractivity (Wildman–Crippen MR) is 143 cm³/mol. The van der Waals surface area contributed by atoms with E-state index in [0.717, 1.165) is 17.5 Å². The smallest absolute Gasteiger partial charge is 0.319 e. The van der Waals surface area contributed by atoms with E-state index in [1.165, 1.54) is 11.6 Å². The molecule has 0 spiro atoms. The van der Waals surface area contributed by atoms with Crippen molar-refractivity contribution in [3.63, 3.8) is 0 Å². The van der Waals surface area contributed by atoms with Gasteiger partial charge in [0.1, 0.15) is 28.7 Å². The SMILES string of the molecule is CC(=O)c1nn(CC(=O)N2C3C[C@]3(C)C[C@H]2C(=O)Nc2nc(Br)ccc2C)c2cc3c(cc12)NC(=O)NC3. The molecule has 1 aromatic carbocycles. The standard InChI is InChI=1S/C26H26BrN7O4/c1-12-4-5-20(27)30-23(12)31-24(37)18-8-26(3)9-19(26)34(18)21(36)11-33-17-6-14-10-28-25(38)29-16(14)7-15(17)22(32-33)13(2)35/h4-7,18-19H,8-11H2,1-3H3,(H2,28,29,38)(H,30,31,37)/t18-,19?,26-/m0/s1. The number of hydrogen-bond donors (Lipinski definition) is 3. The van der Waals surface area contributed by atoms with E-state index in [2.05, 4.69) is 48.9 Å². The van der Waals surface area contributed by atoms with Crippen molar-refractivity contribution in [2.75, 3.05) is 10.6 Å². The average molecular weight is 580 g/mol. The van der Waals surface area contributed by atoms with Crippen LogP contribution in [0.25, 0.3) is 10.9 Å². The minimum Gasteiger partial charge on any atom is -0.334 e. The van der Waals surface area contributed by atoms with Gasteiger partial charge in [-0.15, -0.1) is 0 Å². The molecule has 0 radical (unpaired) electrons. The zero-order valence-electron chi connectivity index (χ0n) is 21.1. The largest absolute Gasteiger partial charge is 0.334 e. The maximum Gasteiger partial charge on any atom is 0.319 e. The van der Waals surface area contributed by atoms with E-state index in [1.54, 1.807) is 17.0 Å². The van der Waals surface area contributed by atoms with Crippen molar-refractivity contribution < 1.29 is 19.2 Å². The zero-order chi connectivity index (χ0) is 26.9. The third-order valence-corrected chi connectivity index (χ3v) is 8.25. The number of carbonyl (C=O) groups excluding carboxylic acids is 4. The van der Waals surface area contributed by atoms with Crippen molar-refractivity contribution in [2.45, 2.75) is 58.8 Å². The lowest BCUT2D eigenvalue weighted by atomic mass is 10.0. The van der Waals surface area contributed by atoms with Crippen molar-refractivity contribution in [2.24, 2.45) is 5.41 Å². The number of piperidine rings is 1. The summed E-state index contributed by atoms with van der Waals surface area (Å²) in [6.45, 7) is 5.58. The van der Waals surface area contributed by atoms with Crippen LogP contribution in [0.15, 0.2) is 28.9 Å². The molecule has 2 aromatic heterocycles. The number of aryl methyl sites for hydroxylation is 1. The molecule has 0 bridgehead atoms. The molecule has 1 saturated heterocycles. The monoisotopic (exact) mass is 579 g/mol. The Hall–Kier alpha value is -3.80. The van der Waals surface area contributed by atoms with Gasteiger partial charge in [-0.2, -0.15) is 5.10 Å². The van der Waals surface area contributed by atoms with Crippen molar-refractivity contribution >= 4 is 62.0 Å². The molecule has 3 atom stereocenters. The highest BCUT2D eigenvalue weighted by atomic mass is 79.9. The van der Waals surface area contributed by atoms with E-state index in [-0.39, 0.29) is 47.3 Å². The second-order valence-electron chi connectivity index (χ2n) is 10.6. The molecular weight excluding hydrogens is 554 g/mol. The average Bonchev–Trinajstić information content (AvgIpc) is 3.23. The number of rotatable bonds is 5. The first-order valence-corrected chi connectivity index (χ1v) is 13.2. The number of ketones is 1. The Morgan fingerprint density at radius 1 is 1.24 bits per heavy atom. The van der Waals surface area contributed by atoms with Gasteiger partial charge in [-0.25, -0.2) is 9.78 Å². The zero-order valence-corrected chi connectivity index (χ0v) is 22.7. The van der Waals surface area contributed by atoms with Crippen molar-refractivity contribution in [1.29, 1.82) is 0 Å². The van der Waals surface area contributed by atoms with Gasteiger partial charge in [0.05, 0.1) is 5.52 Å². The molecule has 196 valence electrons. The number of amides is 4. The molecule has 2 fully saturated rings. The van der Waals surface area contributed by atoms with Crippen LogP contribution in [0.5, 0.6) is 0 Å². The molecule has 3 aliphatic rings. The summed E-state index contributed by atoms with van der Waals surface area (Å²) >= 11 is 3.34. The molecule has 11 nitrogen and oxygen atoms in total. The molecule has 2 aliphatic heterocycles. The van der Waals surface area contributed by atoms with E-state index < -0.39 is 6.04 Å². The van der Waals surface area contributed by atoms with Crippen LogP contribution in [0.4, 0.5) is 16.3 Å². The number of nitrogens with zero attached hydrogens (tertiary/aromatic N) is 4. The summed E-state index contributed by atoms with van der Waals surface area (Å²) < 4.78 is 2.13. The second kappa shape index (κ2) is 8.62. The van der Waals surface area contributed by atoms with Crippen LogP contribution < -0.4 is 16.0 Å². The van der Waals surface area contributed by atoms with Gasteiger partial charge in [-0.3, -0.25) is 19.1 Å². The summed E-state index contributed by atoms with van der Waals surface area (Å²) in [4.78, 5) is 57.3. The van der Waals surface area contributed by atoms with Crippen LogP contribution in [0.2, 0.25) is 0 Å². The summed E-state index contributed by atoms with van der Waals surface area (Å²) in [7, 11) is 0. The molecule has 3 N–H and O–H groups in total. The molecule has 3 aromatic rings. The van der Waals surface area contributed by atoms with E-state index in [1.807, 2.05) is 19.1 Å². The highest BCUT2D eigenvalue weighted by molar-refractivity contribution is 9.10. The number of urea groups is 1. The first-order valence-electron chi connectivity index (χ1n) is 12.4. The minimum atomic E-state index is -0.632. The number of pyridine rings is 1. The van der Waals surface area contributed by atoms with Crippen molar-refractivity contribution in [3.8, 4) is 0 Å². The van der Waals surface area contributed by atoms with Gasteiger partial charge in [0.2, 0.25) is 11.8 Å². The third-order valence-electron chi connectivity index (χ3n) is 7.81. The number of anilines is 2. The first-order chi connectivity index (χ1) is 18.0. The van der Waals surface area contributed by atoms with Crippen LogP contribution in [0.3, 0.4) is 0 Å². The first kappa shape index (κ1) is 24.5. The Bertz CT molecular complexity index is 1570. The van der Waals surface area contributed by atoms with Crippen molar-refractivity contribution in [3.05, 3.63) is 45.7 Å². The van der Waals surface area contributed by atoms with Crippen LogP contribution >= 0.6 is 15.9 Å². The normalized spacial score (nSPS) is 23.4. The molecule has 1 unspecified atom stereocenters. The number of carbonyl (C=O) groups is 4. The van der Waals surface area contributed by atoms with Gasteiger partial charge >= 0.3 is 6.03 Å². The number of halogens is 1. The van der Waals surface area contributed by atoms with E-state index in [0.29, 0.717) is 40.0 Å². The van der Waals surface area contributed by atoms with Crippen molar-refractivity contribution in [1.82, 2.24) is 25.0 Å². The topological polar surface area (TPSA) is 138 Å². The molecule has 12 heteroatoms. The van der Waals surface area contributed by atoms with Gasteiger partial charge in [0, 0.05) is 30.6 Å². The van der Waals surface area contributed by atoms with Gasteiger partial charge in [-0.1, -0.05) is 13.0 Å². The maximum atomic E-state index is 13.7. The summed E-state index contributed by atoms with van der Waals surface area (Å²) in [6.07, 6.45) is 1.41. The predicted octanol–water partition coefficient (Wildman–Crippen LogP) is 3.36. The maximum absolute atomic E-state index is 13.7. The number of benzene rings is 1. The van der Waals surface area contributed by atoms with Crippen LogP contribution in [-0.4, -0.2) is 55.4 Å². The molecule has 4 amide bonds. The van der Waals surface area contributed by atoms with Gasteiger partial charge in [0.15, 0.2) is 5.78 Å². The summed E-state index contributed by atoms with van der Waals surface area (Å²) in [6, 6.07) is 6.25. The number of hydrogen-bond acceptors (Lipinski definition) is 6. The van der Waals surface area contributed by atoms with E-state index in [4.69, 9.17) is 0 Å². The molecule has 1 saturated carbocycles. The molecule has 38 heavy (non-hydrogen) atoms. The highest BCUT2D eigenvalue weighted by Crippen LogP contribution is 2.59. The Morgan fingerprint density at radius 3 is 2.79 bits per heavy atom. The number of nitrogens with one attached hydrogen (secondary N) is 3. The molecule has 6 rings (SSSR count). The van der Waals surface area contributed by atoms with E-state index >= 15 is 0 Å². The van der Waals surface area contributed by atoms with Crippen LogP contribution in [-0.2, 0) is 22.7 Å². The molecule has 1 aliphatic carbocycles. The number of aromatic nitrogens is 3. The lowest BCUT2D eigenvalue weighted by Crippen LogP contribution is -2.47. The fourth-order valence-corrected chi connectivity index (χ4v) is 5.96. The summed E-state index contributed by atoms with van der Waals surface area (Å²) in [5.41, 5.74) is 3.00. The third kappa shape index (κ3) is 4.03. The molecular formula is C26H26BrN7O4. The van der Waals surface area contributed by atoms with Gasteiger partial charge < -0.3 is 20.9 Å². The fourth-order valence-electron chi connectivity index (χ4n) is 5.65. The van der Waals surface area contributed by atoms with Crippen LogP contribution in [0, 0.1) is 12.3 Å². The Kier molecular flexibility index (Phi) is 5.56. The van der Waals surface area contributed by atoms with Gasteiger partial charge in [0.25, 0.3) is 0 Å². The number of likely N-dealkylation sites (tertiary alicyclic amines) is 1. The highest BCUT2D eigenvalue weighted by Gasteiger charge is 2.64. The Balaban J connectivity index is 1.30. The summed E-state index contributed by atoms with van der Waals surface area (Å²) in [5, 5.41) is 13.4. The lowest BCUT2D eigenvalue weighted by Gasteiger charge is -2.27. The van der Waals surface area contributed by atoms with Crippen LogP contribution in [0.1, 0.15) is 48.3 Å². The number of fused-ring (bicyclic) bond motifs is 3. The Morgan fingerprint density at radius 2 is 2.03 bits per heavy atom. The molecule has 4 heterocycles.